The zero-order valence-electron chi connectivity index (χ0n) is 12.1. The first-order valence-electron chi connectivity index (χ1n) is 6.70. The monoisotopic (exact) mass is 301 g/mol. The topological polar surface area (TPSA) is 50.9 Å². The van der Waals surface area contributed by atoms with Crippen LogP contribution < -0.4 is 0 Å². The first kappa shape index (κ1) is 13.9. The number of hydrogen-bond acceptors (Lipinski definition) is 3. The highest BCUT2D eigenvalue weighted by molar-refractivity contribution is 6.31. The number of aromatic hydroxyl groups is 1. The lowest BCUT2D eigenvalue weighted by Crippen LogP contribution is -2.12. The molecule has 21 heavy (non-hydrogen) atoms. The van der Waals surface area contributed by atoms with Crippen molar-refractivity contribution in [1.82, 2.24) is 15.0 Å². The molecule has 1 N–H and O–H groups in total. The van der Waals surface area contributed by atoms with Crippen molar-refractivity contribution < 1.29 is 5.11 Å². The molecule has 0 spiro atoms. The molecule has 0 radical (unpaired) electrons. The van der Waals surface area contributed by atoms with Gasteiger partial charge in [-0.15, -0.1) is 10.2 Å². The Morgan fingerprint density at radius 3 is 2.43 bits per heavy atom. The predicted octanol–water partition coefficient (Wildman–Crippen LogP) is 4.08. The lowest BCUT2D eigenvalue weighted by molar-refractivity contribution is 0.470. The summed E-state index contributed by atoms with van der Waals surface area (Å²) in [5, 5.41) is 19.4. The zero-order chi connectivity index (χ0) is 15.2. The zero-order valence-corrected chi connectivity index (χ0v) is 12.9. The van der Waals surface area contributed by atoms with Crippen molar-refractivity contribution in [3.8, 4) is 11.4 Å². The third-order valence-electron chi connectivity index (χ3n) is 3.34. The van der Waals surface area contributed by atoms with Gasteiger partial charge in [0.25, 0.3) is 0 Å². The SMILES string of the molecule is CC(C)(C)c1cc(O)cc(-n2nc3ccc(Cl)cc3n2)c1. The number of phenols is 1. The Morgan fingerprint density at radius 2 is 1.71 bits per heavy atom. The average molecular weight is 302 g/mol. The second-order valence-electron chi connectivity index (χ2n) is 6.11. The van der Waals surface area contributed by atoms with Crippen LogP contribution in [0.4, 0.5) is 0 Å². The fraction of sp³-hybridized carbons (Fsp3) is 0.250. The third kappa shape index (κ3) is 2.72. The number of halogens is 1. The second-order valence-corrected chi connectivity index (χ2v) is 6.55. The van der Waals surface area contributed by atoms with E-state index >= 15 is 0 Å². The lowest BCUT2D eigenvalue weighted by Gasteiger charge is -2.20. The van der Waals surface area contributed by atoms with Crippen LogP contribution in [-0.2, 0) is 5.41 Å². The molecule has 0 aliphatic rings. The quantitative estimate of drug-likeness (QED) is 0.737. The van der Waals surface area contributed by atoms with Crippen LogP contribution in [0.15, 0.2) is 36.4 Å². The summed E-state index contributed by atoms with van der Waals surface area (Å²) in [5.74, 6) is 0.205. The minimum absolute atomic E-state index is 0.0661. The molecular formula is C16H16ClN3O. The molecule has 0 saturated heterocycles. The molecule has 3 aromatic rings. The molecule has 0 unspecified atom stereocenters. The Morgan fingerprint density at radius 1 is 1.00 bits per heavy atom. The first-order valence-corrected chi connectivity index (χ1v) is 7.08. The molecule has 0 aliphatic carbocycles. The van der Waals surface area contributed by atoms with Crippen molar-refractivity contribution in [2.24, 2.45) is 0 Å². The van der Waals surface area contributed by atoms with Crippen molar-refractivity contribution >= 4 is 22.6 Å². The van der Waals surface area contributed by atoms with Gasteiger partial charge in [-0.05, 0) is 41.3 Å². The molecule has 0 aliphatic heterocycles. The molecule has 1 heterocycles. The summed E-state index contributed by atoms with van der Waals surface area (Å²) in [7, 11) is 0. The van der Waals surface area contributed by atoms with Crippen LogP contribution in [-0.4, -0.2) is 20.1 Å². The van der Waals surface area contributed by atoms with Crippen molar-refractivity contribution in [1.29, 1.82) is 0 Å². The van der Waals surface area contributed by atoms with E-state index in [0.29, 0.717) is 5.02 Å². The van der Waals surface area contributed by atoms with Crippen molar-refractivity contribution in [2.75, 3.05) is 0 Å². The van der Waals surface area contributed by atoms with E-state index in [1.165, 1.54) is 4.80 Å². The van der Waals surface area contributed by atoms with Crippen LogP contribution in [0, 0.1) is 0 Å². The highest BCUT2D eigenvalue weighted by Gasteiger charge is 2.16. The molecule has 0 bridgehead atoms. The Kier molecular flexibility index (Phi) is 3.14. The van der Waals surface area contributed by atoms with E-state index in [1.807, 2.05) is 12.1 Å². The van der Waals surface area contributed by atoms with Gasteiger partial charge in [-0.1, -0.05) is 32.4 Å². The number of rotatable bonds is 1. The smallest absolute Gasteiger partial charge is 0.118 e. The molecule has 4 nitrogen and oxygen atoms in total. The number of phenolic OH excluding ortho intramolecular Hbond substituents is 1. The van der Waals surface area contributed by atoms with Gasteiger partial charge in [-0.2, -0.15) is 4.80 Å². The van der Waals surface area contributed by atoms with Crippen LogP contribution in [0.3, 0.4) is 0 Å². The van der Waals surface area contributed by atoms with Gasteiger partial charge < -0.3 is 5.11 Å². The van der Waals surface area contributed by atoms with Crippen molar-refractivity contribution in [2.45, 2.75) is 26.2 Å². The fourth-order valence-electron chi connectivity index (χ4n) is 2.15. The van der Waals surface area contributed by atoms with Gasteiger partial charge in [0, 0.05) is 11.1 Å². The van der Waals surface area contributed by atoms with Crippen LogP contribution in [0.1, 0.15) is 26.3 Å². The summed E-state index contributed by atoms with van der Waals surface area (Å²) >= 11 is 5.97. The lowest BCUT2D eigenvalue weighted by atomic mass is 9.87. The van der Waals surface area contributed by atoms with Crippen LogP contribution >= 0.6 is 11.6 Å². The summed E-state index contributed by atoms with van der Waals surface area (Å²) in [6, 6.07) is 10.8. The maximum atomic E-state index is 9.95. The van der Waals surface area contributed by atoms with Gasteiger partial charge in [-0.25, -0.2) is 0 Å². The number of hydrogen-bond donors (Lipinski definition) is 1. The van der Waals surface area contributed by atoms with E-state index in [1.54, 1.807) is 24.3 Å². The van der Waals surface area contributed by atoms with Gasteiger partial charge in [0.1, 0.15) is 16.8 Å². The summed E-state index contributed by atoms with van der Waals surface area (Å²) in [6.45, 7) is 6.29. The molecule has 0 saturated carbocycles. The molecule has 3 rings (SSSR count). The summed E-state index contributed by atoms with van der Waals surface area (Å²) in [5.41, 5.74) is 3.18. The Bertz CT molecular complexity index is 818. The average Bonchev–Trinajstić information content (AvgIpc) is 2.80. The summed E-state index contributed by atoms with van der Waals surface area (Å²) in [4.78, 5) is 1.52. The second kappa shape index (κ2) is 4.74. The van der Waals surface area contributed by atoms with Gasteiger partial charge in [0.2, 0.25) is 0 Å². The largest absolute Gasteiger partial charge is 0.508 e. The predicted molar refractivity (Wildman–Crippen MR) is 84.2 cm³/mol. The standard InChI is InChI=1S/C16H16ClN3O/c1-16(2,3)10-6-12(9-13(21)7-10)20-18-14-5-4-11(17)8-15(14)19-20/h4-9,21H,1-3H3. The maximum Gasteiger partial charge on any atom is 0.118 e. The highest BCUT2D eigenvalue weighted by Crippen LogP contribution is 2.28. The van der Waals surface area contributed by atoms with E-state index in [9.17, 15) is 5.11 Å². The number of benzene rings is 2. The number of aromatic nitrogens is 3. The van der Waals surface area contributed by atoms with E-state index in [4.69, 9.17) is 11.6 Å². The fourth-order valence-corrected chi connectivity index (χ4v) is 2.31. The van der Waals surface area contributed by atoms with Crippen LogP contribution in [0.2, 0.25) is 5.02 Å². The first-order chi connectivity index (χ1) is 9.83. The normalized spacial score (nSPS) is 12.0. The van der Waals surface area contributed by atoms with Crippen molar-refractivity contribution in [3.05, 3.63) is 47.0 Å². The van der Waals surface area contributed by atoms with E-state index in [2.05, 4.69) is 31.0 Å². The molecule has 108 valence electrons. The molecule has 5 heteroatoms. The summed E-state index contributed by atoms with van der Waals surface area (Å²) in [6.07, 6.45) is 0. The number of nitrogens with zero attached hydrogens (tertiary/aromatic N) is 3. The minimum Gasteiger partial charge on any atom is -0.508 e. The van der Waals surface area contributed by atoms with Crippen LogP contribution in [0.5, 0.6) is 5.75 Å². The third-order valence-corrected chi connectivity index (χ3v) is 3.58. The van der Waals surface area contributed by atoms with Gasteiger partial charge in [0.05, 0.1) is 5.69 Å². The van der Waals surface area contributed by atoms with Crippen LogP contribution in [0.25, 0.3) is 16.7 Å². The molecule has 2 aromatic carbocycles. The molecule has 0 amide bonds. The highest BCUT2D eigenvalue weighted by atomic mass is 35.5. The molecule has 0 fully saturated rings. The van der Waals surface area contributed by atoms with E-state index in [0.717, 1.165) is 22.3 Å². The van der Waals surface area contributed by atoms with E-state index in [-0.39, 0.29) is 11.2 Å². The molecule has 0 atom stereocenters. The Labute approximate surface area is 128 Å². The number of fused-ring (bicyclic) bond motifs is 1. The van der Waals surface area contributed by atoms with Gasteiger partial charge in [-0.3, -0.25) is 0 Å². The molecule has 1 aromatic heterocycles. The minimum atomic E-state index is -0.0661. The van der Waals surface area contributed by atoms with Gasteiger partial charge >= 0.3 is 0 Å². The van der Waals surface area contributed by atoms with Crippen molar-refractivity contribution in [3.63, 3.8) is 0 Å². The summed E-state index contributed by atoms with van der Waals surface area (Å²) < 4.78 is 0. The van der Waals surface area contributed by atoms with Gasteiger partial charge in [0.15, 0.2) is 0 Å². The molecular weight excluding hydrogens is 286 g/mol. The van der Waals surface area contributed by atoms with E-state index < -0.39 is 0 Å². The Hall–Kier alpha value is -2.07. The maximum absolute atomic E-state index is 9.95. The Balaban J connectivity index is 2.16.